The van der Waals surface area contributed by atoms with Crippen molar-refractivity contribution in [2.45, 2.75) is 31.0 Å². The van der Waals surface area contributed by atoms with Crippen LogP contribution in [0.3, 0.4) is 0 Å². The maximum absolute atomic E-state index is 12.0. The number of pyridine rings is 1. The van der Waals surface area contributed by atoms with Crippen molar-refractivity contribution < 1.29 is 9.53 Å². The number of hydrazone groups is 1. The van der Waals surface area contributed by atoms with Gasteiger partial charge in [-0.15, -0.1) is 0 Å². The number of hydrogen-bond acceptors (Lipinski definition) is 5. The lowest BCUT2D eigenvalue weighted by Gasteiger charge is -2.09. The molecule has 5 nitrogen and oxygen atoms in total. The summed E-state index contributed by atoms with van der Waals surface area (Å²) in [6.45, 7) is 6.73. The largest absolute Gasteiger partial charge is 0.493 e. The standard InChI is InChI=1S/C19H23N3O2S/c1-14(2)13-24-17-9-7-16(8-10-17)12-21-22-19(23)15(3)25-18-6-4-5-11-20-18/h4-12,14-15H,13H2,1-3H3,(H,22,23)/b21-12+. The fraction of sp³-hybridized carbons (Fsp3) is 0.316. The minimum absolute atomic E-state index is 0.163. The Kier molecular flexibility index (Phi) is 7.47. The van der Waals surface area contributed by atoms with Crippen molar-refractivity contribution in [3.05, 3.63) is 54.2 Å². The molecule has 1 aromatic carbocycles. The van der Waals surface area contributed by atoms with E-state index in [0.717, 1.165) is 16.3 Å². The molecule has 0 saturated carbocycles. The number of thioether (sulfide) groups is 1. The lowest BCUT2D eigenvalue weighted by molar-refractivity contribution is -0.120. The first-order valence-electron chi connectivity index (χ1n) is 8.18. The molecule has 2 rings (SSSR count). The van der Waals surface area contributed by atoms with E-state index in [4.69, 9.17) is 4.74 Å². The number of hydrogen-bond donors (Lipinski definition) is 1. The normalized spacial score (nSPS) is 12.3. The Bertz CT molecular complexity index is 688. The molecule has 1 atom stereocenters. The molecule has 0 aliphatic rings. The van der Waals surface area contributed by atoms with Crippen LogP contribution < -0.4 is 10.2 Å². The van der Waals surface area contributed by atoms with E-state index in [9.17, 15) is 4.79 Å². The topological polar surface area (TPSA) is 63.6 Å². The van der Waals surface area contributed by atoms with Crippen LogP contribution in [0.4, 0.5) is 0 Å². The summed E-state index contributed by atoms with van der Waals surface area (Å²) < 4.78 is 5.63. The van der Waals surface area contributed by atoms with Crippen LogP contribution in [0, 0.1) is 5.92 Å². The Balaban J connectivity index is 1.80. The summed E-state index contributed by atoms with van der Waals surface area (Å²) in [5.74, 6) is 1.15. The van der Waals surface area contributed by atoms with Crippen LogP contribution in [0.5, 0.6) is 5.75 Å². The molecule has 2 aromatic rings. The molecule has 6 heteroatoms. The van der Waals surface area contributed by atoms with Gasteiger partial charge in [-0.05, 0) is 54.8 Å². The Labute approximate surface area is 152 Å². The number of carbonyl (C=O) groups excluding carboxylic acids is 1. The van der Waals surface area contributed by atoms with Crippen molar-refractivity contribution in [1.29, 1.82) is 0 Å². The van der Waals surface area contributed by atoms with Crippen molar-refractivity contribution in [3.63, 3.8) is 0 Å². The summed E-state index contributed by atoms with van der Waals surface area (Å²) in [5.41, 5.74) is 3.45. The number of aromatic nitrogens is 1. The first kappa shape index (κ1) is 19.0. The van der Waals surface area contributed by atoms with Crippen molar-refractivity contribution in [3.8, 4) is 5.75 Å². The first-order valence-corrected chi connectivity index (χ1v) is 9.06. The van der Waals surface area contributed by atoms with Gasteiger partial charge < -0.3 is 4.74 Å². The Morgan fingerprint density at radius 2 is 2.00 bits per heavy atom. The average molecular weight is 357 g/mol. The monoisotopic (exact) mass is 357 g/mol. The minimum Gasteiger partial charge on any atom is -0.493 e. The van der Waals surface area contributed by atoms with Gasteiger partial charge in [0, 0.05) is 6.20 Å². The molecule has 0 saturated heterocycles. The van der Waals surface area contributed by atoms with Gasteiger partial charge in [0.05, 0.1) is 23.1 Å². The lowest BCUT2D eigenvalue weighted by atomic mass is 10.2. The highest BCUT2D eigenvalue weighted by molar-refractivity contribution is 8.00. The molecule has 1 amide bonds. The van der Waals surface area contributed by atoms with Gasteiger partial charge >= 0.3 is 0 Å². The molecule has 0 bridgehead atoms. The minimum atomic E-state index is -0.279. The molecule has 0 fully saturated rings. The van der Waals surface area contributed by atoms with Crippen molar-refractivity contribution in [2.24, 2.45) is 11.0 Å². The van der Waals surface area contributed by atoms with Gasteiger partial charge in [0.15, 0.2) is 0 Å². The maximum Gasteiger partial charge on any atom is 0.253 e. The van der Waals surface area contributed by atoms with E-state index in [0.29, 0.717) is 12.5 Å². The zero-order chi connectivity index (χ0) is 18.1. The van der Waals surface area contributed by atoms with Gasteiger partial charge in [0.1, 0.15) is 5.75 Å². The molecule has 0 aliphatic heterocycles. The number of nitrogens with zero attached hydrogens (tertiary/aromatic N) is 2. The summed E-state index contributed by atoms with van der Waals surface area (Å²) in [6.07, 6.45) is 3.32. The maximum atomic E-state index is 12.0. The quantitative estimate of drug-likeness (QED) is 0.444. The summed E-state index contributed by atoms with van der Waals surface area (Å²) in [7, 11) is 0. The van der Waals surface area contributed by atoms with Crippen LogP contribution in [0.2, 0.25) is 0 Å². The molecule has 1 N–H and O–H groups in total. The predicted molar refractivity (Wildman–Crippen MR) is 102 cm³/mol. The van der Waals surface area contributed by atoms with Gasteiger partial charge in [-0.2, -0.15) is 5.10 Å². The fourth-order valence-electron chi connectivity index (χ4n) is 1.83. The highest BCUT2D eigenvalue weighted by Gasteiger charge is 2.13. The fourth-order valence-corrected chi connectivity index (χ4v) is 2.63. The van der Waals surface area contributed by atoms with Gasteiger partial charge in [-0.3, -0.25) is 4.79 Å². The van der Waals surface area contributed by atoms with Crippen LogP contribution in [0.1, 0.15) is 26.3 Å². The molecule has 0 aliphatic carbocycles. The first-order chi connectivity index (χ1) is 12.0. The number of carbonyl (C=O) groups is 1. The second-order valence-electron chi connectivity index (χ2n) is 5.94. The molecule has 1 aromatic heterocycles. The molecule has 25 heavy (non-hydrogen) atoms. The van der Waals surface area contributed by atoms with Crippen LogP contribution in [0.25, 0.3) is 0 Å². The third kappa shape index (κ3) is 6.97. The highest BCUT2D eigenvalue weighted by Crippen LogP contribution is 2.20. The summed E-state index contributed by atoms with van der Waals surface area (Å²) in [6, 6.07) is 13.2. The van der Waals surface area contributed by atoms with Crippen molar-refractivity contribution >= 4 is 23.9 Å². The zero-order valence-corrected chi connectivity index (χ0v) is 15.5. The van der Waals surface area contributed by atoms with E-state index in [1.165, 1.54) is 11.8 Å². The molecule has 1 unspecified atom stereocenters. The highest BCUT2D eigenvalue weighted by atomic mass is 32.2. The van der Waals surface area contributed by atoms with Crippen molar-refractivity contribution in [2.75, 3.05) is 6.61 Å². The molecule has 0 spiro atoms. The van der Waals surface area contributed by atoms with E-state index in [1.54, 1.807) is 12.4 Å². The van der Waals surface area contributed by atoms with Gasteiger partial charge in [-0.25, -0.2) is 10.4 Å². The molecule has 132 valence electrons. The van der Waals surface area contributed by atoms with Crippen LogP contribution in [-0.2, 0) is 4.79 Å². The number of amides is 1. The van der Waals surface area contributed by atoms with Gasteiger partial charge in [0.25, 0.3) is 5.91 Å². The predicted octanol–water partition coefficient (Wildman–Crippen LogP) is 3.75. The molecule has 1 heterocycles. The van der Waals surface area contributed by atoms with E-state index in [-0.39, 0.29) is 11.2 Å². The number of rotatable bonds is 8. The van der Waals surface area contributed by atoms with E-state index in [1.807, 2.05) is 49.4 Å². The zero-order valence-electron chi connectivity index (χ0n) is 14.7. The second-order valence-corrected chi connectivity index (χ2v) is 7.30. The third-order valence-electron chi connectivity index (χ3n) is 3.16. The van der Waals surface area contributed by atoms with Crippen molar-refractivity contribution in [1.82, 2.24) is 10.4 Å². The van der Waals surface area contributed by atoms with Gasteiger partial charge in [0.2, 0.25) is 0 Å². The number of ether oxygens (including phenoxy) is 1. The average Bonchev–Trinajstić information content (AvgIpc) is 2.61. The van der Waals surface area contributed by atoms with E-state index in [2.05, 4.69) is 29.4 Å². The third-order valence-corrected chi connectivity index (χ3v) is 4.21. The van der Waals surface area contributed by atoms with E-state index >= 15 is 0 Å². The summed E-state index contributed by atoms with van der Waals surface area (Å²) in [4.78, 5) is 16.2. The Morgan fingerprint density at radius 1 is 1.24 bits per heavy atom. The van der Waals surface area contributed by atoms with Gasteiger partial charge in [-0.1, -0.05) is 31.7 Å². The number of benzene rings is 1. The SMILES string of the molecule is CC(C)COc1ccc(/C=N/NC(=O)C(C)Sc2ccccn2)cc1. The Hall–Kier alpha value is -2.34. The smallest absolute Gasteiger partial charge is 0.253 e. The van der Waals surface area contributed by atoms with Crippen LogP contribution >= 0.6 is 11.8 Å². The van der Waals surface area contributed by atoms with E-state index < -0.39 is 0 Å². The summed E-state index contributed by atoms with van der Waals surface area (Å²) in [5, 5.41) is 4.54. The Morgan fingerprint density at radius 3 is 2.64 bits per heavy atom. The number of nitrogens with one attached hydrogen (secondary N) is 1. The van der Waals surface area contributed by atoms with Crippen LogP contribution in [-0.4, -0.2) is 29.0 Å². The molecule has 0 radical (unpaired) electrons. The lowest BCUT2D eigenvalue weighted by Crippen LogP contribution is -2.26. The second kappa shape index (κ2) is 9.84. The molecular weight excluding hydrogens is 334 g/mol. The molecular formula is C19H23N3O2S. The summed E-state index contributed by atoms with van der Waals surface area (Å²) >= 11 is 1.39. The van der Waals surface area contributed by atoms with Crippen LogP contribution in [0.15, 0.2) is 58.8 Å².